The molecule has 2 aliphatic heterocycles. The van der Waals surface area contributed by atoms with E-state index < -0.39 is 0 Å². The van der Waals surface area contributed by atoms with Gasteiger partial charge in [-0.2, -0.15) is 5.26 Å². The molecular weight excluding hydrogens is 442 g/mol. The Bertz CT molecular complexity index is 1350. The number of rotatable bonds is 5. The molecule has 4 heterocycles. The molecule has 6 nitrogen and oxygen atoms in total. The molecule has 2 aromatic heterocycles. The predicted molar refractivity (Wildman–Crippen MR) is 136 cm³/mol. The average molecular weight is 470 g/mol. The quantitative estimate of drug-likeness (QED) is 0.382. The lowest BCUT2D eigenvalue weighted by Gasteiger charge is -2.29. The van der Waals surface area contributed by atoms with Gasteiger partial charge in [0.25, 0.3) is 0 Å². The Morgan fingerprint density at radius 1 is 1.09 bits per heavy atom. The second-order valence-corrected chi connectivity index (χ2v) is 10.5. The predicted octanol–water partition coefficient (Wildman–Crippen LogP) is 5.58. The largest absolute Gasteiger partial charge is 0.381 e. The first-order valence-corrected chi connectivity index (χ1v) is 12.8. The Kier molecular flexibility index (Phi) is 5.56. The number of nitriles is 1. The number of aromatic nitrogens is 3. The molecule has 6 rings (SSSR count). The molecule has 2 saturated heterocycles. The van der Waals surface area contributed by atoms with Crippen molar-refractivity contribution >= 4 is 27.5 Å². The molecule has 34 heavy (non-hydrogen) atoms. The van der Waals surface area contributed by atoms with Crippen LogP contribution in [0.3, 0.4) is 0 Å². The Morgan fingerprint density at radius 2 is 1.85 bits per heavy atom. The number of fused-ring (bicyclic) bond motifs is 1. The highest BCUT2D eigenvalue weighted by molar-refractivity contribution is 7.19. The molecule has 2 aliphatic rings. The third-order valence-corrected chi connectivity index (χ3v) is 8.17. The molecule has 172 valence electrons. The van der Waals surface area contributed by atoms with Gasteiger partial charge in [0.15, 0.2) is 5.13 Å². The smallest absolute Gasteiger partial charge is 0.186 e. The topological polar surface area (TPSA) is 67.0 Å². The number of hydrogen-bond donors (Lipinski definition) is 0. The SMILES string of the molecule is CC1CCN(c2nc(-c3ccc(C#N)cc3)c(-c3ccc4c(c3)ncn4CC3COC3)s2)CC1. The summed E-state index contributed by atoms with van der Waals surface area (Å²) in [6.45, 7) is 7.06. The minimum Gasteiger partial charge on any atom is -0.381 e. The van der Waals surface area contributed by atoms with Gasteiger partial charge in [0.2, 0.25) is 0 Å². The van der Waals surface area contributed by atoms with Crippen LogP contribution < -0.4 is 4.90 Å². The van der Waals surface area contributed by atoms with Crippen molar-refractivity contribution in [2.75, 3.05) is 31.2 Å². The maximum Gasteiger partial charge on any atom is 0.186 e. The van der Waals surface area contributed by atoms with Crippen molar-refractivity contribution in [1.82, 2.24) is 14.5 Å². The Morgan fingerprint density at radius 3 is 2.56 bits per heavy atom. The molecule has 0 unspecified atom stereocenters. The van der Waals surface area contributed by atoms with Crippen molar-refractivity contribution < 1.29 is 4.74 Å². The summed E-state index contributed by atoms with van der Waals surface area (Å²) in [5.41, 5.74) is 5.98. The molecule has 0 radical (unpaired) electrons. The summed E-state index contributed by atoms with van der Waals surface area (Å²) in [6.07, 6.45) is 4.36. The van der Waals surface area contributed by atoms with Crippen molar-refractivity contribution in [1.29, 1.82) is 5.26 Å². The summed E-state index contributed by atoms with van der Waals surface area (Å²) in [5.74, 6) is 1.36. The zero-order valence-corrected chi connectivity index (χ0v) is 20.1. The van der Waals surface area contributed by atoms with Gasteiger partial charge in [-0.1, -0.05) is 36.5 Å². The second-order valence-electron chi connectivity index (χ2n) is 9.54. The summed E-state index contributed by atoms with van der Waals surface area (Å²) in [5, 5.41) is 10.3. The van der Waals surface area contributed by atoms with Crippen LogP contribution in [0.2, 0.25) is 0 Å². The van der Waals surface area contributed by atoms with E-state index in [1.165, 1.54) is 12.8 Å². The van der Waals surface area contributed by atoms with E-state index in [4.69, 9.17) is 14.7 Å². The summed E-state index contributed by atoms with van der Waals surface area (Å²) in [6, 6.07) is 16.5. The fourth-order valence-corrected chi connectivity index (χ4v) is 5.89. The number of piperidine rings is 1. The summed E-state index contributed by atoms with van der Waals surface area (Å²) >= 11 is 1.76. The van der Waals surface area contributed by atoms with E-state index in [1.54, 1.807) is 11.3 Å². The Balaban J connectivity index is 1.39. The fraction of sp³-hybridized carbons (Fsp3) is 0.370. The van der Waals surface area contributed by atoms with Gasteiger partial charge in [-0.3, -0.25) is 0 Å². The van der Waals surface area contributed by atoms with Gasteiger partial charge >= 0.3 is 0 Å². The highest BCUT2D eigenvalue weighted by Gasteiger charge is 2.23. The normalized spacial score (nSPS) is 17.1. The first kappa shape index (κ1) is 21.3. The molecule has 2 aromatic carbocycles. The molecule has 0 atom stereocenters. The van der Waals surface area contributed by atoms with Crippen molar-refractivity contribution in [2.45, 2.75) is 26.3 Å². The van der Waals surface area contributed by atoms with E-state index in [1.807, 2.05) is 30.6 Å². The monoisotopic (exact) mass is 469 g/mol. The average Bonchev–Trinajstić information content (AvgIpc) is 3.46. The lowest BCUT2D eigenvalue weighted by Crippen LogP contribution is -2.32. The van der Waals surface area contributed by atoms with E-state index in [0.29, 0.717) is 11.5 Å². The Labute approximate surface area is 203 Å². The van der Waals surface area contributed by atoms with Crippen LogP contribution in [0.1, 0.15) is 25.3 Å². The number of ether oxygens (including phenoxy) is 1. The summed E-state index contributed by atoms with van der Waals surface area (Å²) in [4.78, 5) is 13.4. The van der Waals surface area contributed by atoms with E-state index in [-0.39, 0.29) is 0 Å². The molecule has 0 spiro atoms. The van der Waals surface area contributed by atoms with Crippen LogP contribution in [0.25, 0.3) is 32.7 Å². The third kappa shape index (κ3) is 3.97. The molecule has 0 amide bonds. The van der Waals surface area contributed by atoms with Crippen molar-refractivity contribution in [3.05, 3.63) is 54.4 Å². The second kappa shape index (κ2) is 8.86. The molecule has 7 heteroatoms. The van der Waals surface area contributed by atoms with Crippen LogP contribution in [0.4, 0.5) is 5.13 Å². The molecule has 0 saturated carbocycles. The van der Waals surface area contributed by atoms with Gasteiger partial charge in [-0.05, 0) is 48.6 Å². The highest BCUT2D eigenvalue weighted by Crippen LogP contribution is 2.42. The zero-order chi connectivity index (χ0) is 23.1. The first-order chi connectivity index (χ1) is 16.7. The van der Waals surface area contributed by atoms with Crippen molar-refractivity contribution in [3.63, 3.8) is 0 Å². The minimum absolute atomic E-state index is 0.580. The van der Waals surface area contributed by atoms with E-state index in [0.717, 1.165) is 76.6 Å². The fourth-order valence-electron chi connectivity index (χ4n) is 4.76. The minimum atomic E-state index is 0.580. The van der Waals surface area contributed by atoms with Gasteiger partial charge in [0, 0.05) is 31.1 Å². The van der Waals surface area contributed by atoms with Crippen LogP contribution >= 0.6 is 11.3 Å². The number of nitrogens with zero attached hydrogens (tertiary/aromatic N) is 5. The van der Waals surface area contributed by atoms with Crippen molar-refractivity contribution in [2.24, 2.45) is 11.8 Å². The first-order valence-electron chi connectivity index (χ1n) is 12.0. The van der Waals surface area contributed by atoms with Gasteiger partial charge < -0.3 is 14.2 Å². The molecular formula is C27H27N5OS. The lowest BCUT2D eigenvalue weighted by atomic mass is 10.00. The maximum absolute atomic E-state index is 9.22. The van der Waals surface area contributed by atoms with Gasteiger partial charge in [0.05, 0.1) is 52.8 Å². The van der Waals surface area contributed by atoms with Gasteiger partial charge in [0.1, 0.15) is 0 Å². The van der Waals surface area contributed by atoms with E-state index in [9.17, 15) is 5.26 Å². The van der Waals surface area contributed by atoms with Crippen LogP contribution in [0.15, 0.2) is 48.8 Å². The highest BCUT2D eigenvalue weighted by atomic mass is 32.1. The van der Waals surface area contributed by atoms with Crippen LogP contribution in [-0.4, -0.2) is 40.8 Å². The molecule has 0 N–H and O–H groups in total. The molecule has 2 fully saturated rings. The lowest BCUT2D eigenvalue weighted by molar-refractivity contribution is -0.0389. The zero-order valence-electron chi connectivity index (χ0n) is 19.3. The number of imidazole rings is 1. The van der Waals surface area contributed by atoms with Crippen LogP contribution in [-0.2, 0) is 11.3 Å². The van der Waals surface area contributed by atoms with Gasteiger partial charge in [-0.25, -0.2) is 9.97 Å². The maximum atomic E-state index is 9.22. The van der Waals surface area contributed by atoms with Crippen LogP contribution in [0, 0.1) is 23.2 Å². The number of benzene rings is 2. The number of thiazole rings is 1. The molecule has 4 aromatic rings. The number of hydrogen-bond acceptors (Lipinski definition) is 6. The van der Waals surface area contributed by atoms with Gasteiger partial charge in [-0.15, -0.1) is 0 Å². The molecule has 0 aliphatic carbocycles. The standard InChI is InChI=1S/C27H27N5OS/c1-18-8-10-31(11-9-18)27-30-25(21-4-2-19(13-28)3-5-21)26(34-27)22-6-7-24-23(12-22)29-17-32(24)14-20-15-33-16-20/h2-7,12,17-18,20H,8-11,14-16H2,1H3. The molecule has 0 bridgehead atoms. The van der Waals surface area contributed by atoms with Crippen molar-refractivity contribution in [3.8, 4) is 27.8 Å². The van der Waals surface area contributed by atoms with Crippen LogP contribution in [0.5, 0.6) is 0 Å². The summed E-state index contributed by atoms with van der Waals surface area (Å²) < 4.78 is 7.58. The number of anilines is 1. The summed E-state index contributed by atoms with van der Waals surface area (Å²) in [7, 11) is 0. The Hall–Kier alpha value is -3.21. The third-order valence-electron chi connectivity index (χ3n) is 7.00. The van der Waals surface area contributed by atoms with E-state index in [2.05, 4.69) is 40.7 Å². The van der Waals surface area contributed by atoms with E-state index >= 15 is 0 Å².